The van der Waals surface area contributed by atoms with Crippen molar-refractivity contribution in [2.24, 2.45) is 0 Å². The lowest BCUT2D eigenvalue weighted by Gasteiger charge is -2.14. The zero-order chi connectivity index (χ0) is 28.5. The molecule has 0 bridgehead atoms. The minimum Gasteiger partial charge on any atom is -0.383 e. The fourth-order valence-corrected chi connectivity index (χ4v) is 4.11. The van der Waals surface area contributed by atoms with Crippen molar-refractivity contribution in [1.29, 1.82) is 0 Å². The molecule has 0 spiro atoms. The number of aromatic nitrogens is 2. The van der Waals surface area contributed by atoms with Crippen LogP contribution in [0.2, 0.25) is 0 Å². The van der Waals surface area contributed by atoms with E-state index in [1.165, 1.54) is 6.07 Å². The van der Waals surface area contributed by atoms with E-state index in [0.29, 0.717) is 25.0 Å². The molecular weight excluding hydrogens is 512 g/mol. The van der Waals surface area contributed by atoms with Crippen molar-refractivity contribution in [3.63, 3.8) is 0 Å². The number of nitrogens with zero attached hydrogens (tertiary/aromatic N) is 2. The number of aldehydes is 1. The number of carbonyl (C=O) groups excluding carboxylic acids is 3. The number of benzene rings is 1. The topological polar surface area (TPSA) is 159 Å². The van der Waals surface area contributed by atoms with Crippen LogP contribution in [0, 0.1) is 0 Å². The van der Waals surface area contributed by atoms with Crippen molar-refractivity contribution in [3.8, 4) is 0 Å². The van der Waals surface area contributed by atoms with E-state index in [0.717, 1.165) is 23.7 Å². The molecule has 0 fully saturated rings. The first kappa shape index (κ1) is 27.8. The molecule has 0 saturated heterocycles. The zero-order valence-electron chi connectivity index (χ0n) is 21.8. The molecule has 0 saturated carbocycles. The van der Waals surface area contributed by atoms with Crippen LogP contribution in [0.1, 0.15) is 44.9 Å². The van der Waals surface area contributed by atoms with Crippen molar-refractivity contribution in [2.45, 2.75) is 32.0 Å². The van der Waals surface area contributed by atoms with E-state index in [-0.39, 0.29) is 35.3 Å². The van der Waals surface area contributed by atoms with Gasteiger partial charge >= 0.3 is 0 Å². The molecule has 1 aliphatic rings. The molecule has 204 valence electrons. The highest BCUT2D eigenvalue weighted by molar-refractivity contribution is 5.97. The maximum absolute atomic E-state index is 12.8. The van der Waals surface area contributed by atoms with E-state index >= 15 is 0 Å². The number of anilines is 2. The van der Waals surface area contributed by atoms with Gasteiger partial charge in [0.2, 0.25) is 0 Å². The number of amides is 2. The largest absolute Gasteiger partial charge is 0.383 e. The fraction of sp³-hybridized carbons (Fsp3) is 0.207. The predicted octanol–water partition coefficient (Wildman–Crippen LogP) is 1.79. The van der Waals surface area contributed by atoms with Gasteiger partial charge in [-0.2, -0.15) is 0 Å². The van der Waals surface area contributed by atoms with Gasteiger partial charge in [-0.25, -0.2) is 9.97 Å². The number of carbonyl (C=O) groups is 3. The standard InChI is InChI=1S/C29H28N6O5/c1-30-24-25(27(38)26(24)37)31-14-19-8-4-9-20(12-19)15-32-28(39)22-13-23(34-17-33-22)29(40)35-21-10-3-2-6-18(16-36)7-5-11-21/h2,4-9,11-13,16-17,21,30-31H,3,10,14-15H2,1H3,(H,32,39)(H,35,40)/b6-2+,11-5+,18-7+/t21-/m0/s1. The lowest BCUT2D eigenvalue weighted by Crippen LogP contribution is -2.36. The molecular formula is C29H28N6O5. The van der Waals surface area contributed by atoms with E-state index in [9.17, 15) is 24.0 Å². The number of hydrogen-bond donors (Lipinski definition) is 4. The molecule has 40 heavy (non-hydrogen) atoms. The molecule has 1 heterocycles. The molecule has 0 unspecified atom stereocenters. The van der Waals surface area contributed by atoms with Gasteiger partial charge in [0, 0.05) is 37.8 Å². The number of hydrogen-bond acceptors (Lipinski definition) is 9. The molecule has 2 amide bonds. The Morgan fingerprint density at radius 1 is 1.00 bits per heavy atom. The summed E-state index contributed by atoms with van der Waals surface area (Å²) in [4.78, 5) is 67.9. The number of rotatable bonds is 10. The molecule has 1 aliphatic carbocycles. The van der Waals surface area contributed by atoms with Gasteiger partial charge in [-0.3, -0.25) is 24.0 Å². The molecule has 1 atom stereocenters. The maximum Gasteiger partial charge on any atom is 0.270 e. The number of allylic oxidation sites excluding steroid dienone is 5. The van der Waals surface area contributed by atoms with E-state index in [1.54, 1.807) is 31.4 Å². The summed E-state index contributed by atoms with van der Waals surface area (Å²) in [6, 6.07) is 8.44. The summed E-state index contributed by atoms with van der Waals surface area (Å²) in [5.74, 6) is -0.918. The summed E-state index contributed by atoms with van der Waals surface area (Å²) in [6.45, 7) is 0.531. The van der Waals surface area contributed by atoms with Gasteiger partial charge in [-0.05, 0) is 24.0 Å². The van der Waals surface area contributed by atoms with Crippen LogP contribution >= 0.6 is 0 Å². The fourth-order valence-electron chi connectivity index (χ4n) is 4.11. The molecule has 4 N–H and O–H groups in total. The third kappa shape index (κ3) is 6.81. The van der Waals surface area contributed by atoms with Crippen molar-refractivity contribution in [2.75, 3.05) is 17.7 Å². The Hall–Kier alpha value is -5.19. The van der Waals surface area contributed by atoms with Gasteiger partial charge in [0.1, 0.15) is 35.4 Å². The third-order valence-corrected chi connectivity index (χ3v) is 6.25. The summed E-state index contributed by atoms with van der Waals surface area (Å²) in [5, 5.41) is 11.4. The van der Waals surface area contributed by atoms with Crippen molar-refractivity contribution in [1.82, 2.24) is 20.6 Å². The van der Waals surface area contributed by atoms with Crippen LogP contribution in [0.25, 0.3) is 0 Å². The Morgan fingerprint density at radius 2 is 1.73 bits per heavy atom. The van der Waals surface area contributed by atoms with Gasteiger partial charge in [0.15, 0.2) is 0 Å². The molecule has 2 aromatic carbocycles. The van der Waals surface area contributed by atoms with Crippen LogP contribution < -0.4 is 32.1 Å². The molecule has 1 aromatic heterocycles. The average Bonchev–Trinajstić information content (AvgIpc) is 3.09. The van der Waals surface area contributed by atoms with Crippen LogP contribution in [0.3, 0.4) is 0 Å². The third-order valence-electron chi connectivity index (χ3n) is 6.25. The van der Waals surface area contributed by atoms with Crippen LogP contribution in [0.5, 0.6) is 0 Å². The van der Waals surface area contributed by atoms with Gasteiger partial charge in [-0.1, -0.05) is 54.6 Å². The Labute approximate surface area is 229 Å². The highest BCUT2D eigenvalue weighted by Gasteiger charge is 2.19. The second-order valence-electron chi connectivity index (χ2n) is 9.03. The minimum atomic E-state index is -0.551. The smallest absolute Gasteiger partial charge is 0.270 e. The molecule has 11 nitrogen and oxygen atoms in total. The predicted molar refractivity (Wildman–Crippen MR) is 151 cm³/mol. The van der Waals surface area contributed by atoms with Crippen LogP contribution in [0.4, 0.5) is 11.4 Å². The quantitative estimate of drug-likeness (QED) is 0.222. The first-order valence-corrected chi connectivity index (χ1v) is 12.6. The summed E-state index contributed by atoms with van der Waals surface area (Å²) in [7, 11) is 1.58. The van der Waals surface area contributed by atoms with Crippen LogP contribution in [-0.4, -0.2) is 41.2 Å². The molecule has 0 aliphatic heterocycles. The van der Waals surface area contributed by atoms with Crippen molar-refractivity contribution in [3.05, 3.63) is 116 Å². The Bertz CT molecular complexity index is 1580. The minimum absolute atomic E-state index is 0.0455. The zero-order valence-corrected chi connectivity index (χ0v) is 21.8. The summed E-state index contributed by atoms with van der Waals surface area (Å²) >= 11 is 0. The Balaban J connectivity index is 1.33. The first-order chi connectivity index (χ1) is 19.4. The summed E-state index contributed by atoms with van der Waals surface area (Å²) < 4.78 is 0. The Kier molecular flexibility index (Phi) is 9.08. The Morgan fingerprint density at radius 3 is 2.48 bits per heavy atom. The lowest BCUT2D eigenvalue weighted by atomic mass is 10.1. The van der Waals surface area contributed by atoms with E-state index in [4.69, 9.17) is 0 Å². The van der Waals surface area contributed by atoms with Gasteiger partial charge in [0.25, 0.3) is 22.7 Å². The van der Waals surface area contributed by atoms with Crippen molar-refractivity contribution >= 4 is 29.5 Å². The first-order valence-electron chi connectivity index (χ1n) is 12.6. The normalized spacial score (nSPS) is 17.7. The van der Waals surface area contributed by atoms with E-state index in [1.807, 2.05) is 30.3 Å². The SMILES string of the molecule is CNc1c(NCc2cccc(CNC(=O)c3cc(C(=O)N[C@@H]4/C=C/C=C(C=O)\C=C\CC4)ncn3)c2)c(=O)c1=O. The van der Waals surface area contributed by atoms with E-state index in [2.05, 4.69) is 31.2 Å². The molecule has 0 radical (unpaired) electrons. The van der Waals surface area contributed by atoms with Crippen LogP contribution in [0.15, 0.2) is 82.2 Å². The highest BCUT2D eigenvalue weighted by Crippen LogP contribution is 2.15. The second kappa shape index (κ2) is 13.1. The average molecular weight is 541 g/mol. The summed E-state index contributed by atoms with van der Waals surface area (Å²) in [6.07, 6.45) is 12.0. The van der Waals surface area contributed by atoms with Crippen molar-refractivity contribution < 1.29 is 14.4 Å². The maximum atomic E-state index is 12.8. The van der Waals surface area contributed by atoms with E-state index < -0.39 is 22.7 Å². The molecule has 4 rings (SSSR count). The second-order valence-corrected chi connectivity index (χ2v) is 9.03. The van der Waals surface area contributed by atoms with Crippen LogP contribution in [-0.2, 0) is 17.9 Å². The lowest BCUT2D eigenvalue weighted by molar-refractivity contribution is -0.104. The van der Waals surface area contributed by atoms with Gasteiger partial charge in [0.05, 0.1) is 0 Å². The molecule has 3 aromatic rings. The van der Waals surface area contributed by atoms with Gasteiger partial charge < -0.3 is 21.3 Å². The highest BCUT2D eigenvalue weighted by atomic mass is 16.2. The monoisotopic (exact) mass is 540 g/mol. The molecule has 11 heteroatoms. The summed E-state index contributed by atoms with van der Waals surface area (Å²) in [5.41, 5.74) is 1.75. The number of nitrogens with one attached hydrogen (secondary N) is 4. The van der Waals surface area contributed by atoms with Gasteiger partial charge in [-0.15, -0.1) is 0 Å².